The van der Waals surface area contributed by atoms with Crippen molar-refractivity contribution in [2.75, 3.05) is 19.1 Å². The first-order chi connectivity index (χ1) is 13.5. The number of anilines is 1. The summed E-state index contributed by atoms with van der Waals surface area (Å²) in [5.74, 6) is -0.248. The van der Waals surface area contributed by atoms with Crippen LogP contribution in [0.15, 0.2) is 53.9 Å². The second-order valence-corrected chi connectivity index (χ2v) is 6.11. The molecule has 0 unspecified atom stereocenters. The number of ether oxygens (including phenoxy) is 2. The van der Waals surface area contributed by atoms with E-state index in [2.05, 4.69) is 18.4 Å². The highest BCUT2D eigenvalue weighted by molar-refractivity contribution is 6.05. The molecule has 146 valence electrons. The number of hydrogen-bond donors (Lipinski definition) is 0. The van der Waals surface area contributed by atoms with Crippen LogP contribution >= 0.6 is 0 Å². The molecule has 1 aromatic carbocycles. The zero-order valence-corrected chi connectivity index (χ0v) is 16.4. The van der Waals surface area contributed by atoms with Crippen LogP contribution in [0.5, 0.6) is 0 Å². The van der Waals surface area contributed by atoms with Crippen molar-refractivity contribution in [3.8, 4) is 0 Å². The van der Waals surface area contributed by atoms with Gasteiger partial charge >= 0.3 is 11.9 Å². The Kier molecular flexibility index (Phi) is 5.63. The molecule has 0 radical (unpaired) electrons. The van der Waals surface area contributed by atoms with E-state index in [4.69, 9.17) is 14.5 Å². The van der Waals surface area contributed by atoms with Crippen molar-refractivity contribution in [1.82, 2.24) is 9.55 Å². The second kappa shape index (κ2) is 8.12. The van der Waals surface area contributed by atoms with Crippen LogP contribution in [-0.2, 0) is 32.0 Å². The third-order valence-corrected chi connectivity index (χ3v) is 4.61. The van der Waals surface area contributed by atoms with Gasteiger partial charge in [0.2, 0.25) is 0 Å². The summed E-state index contributed by atoms with van der Waals surface area (Å²) in [6.45, 7) is 4.97. The predicted octanol–water partition coefficient (Wildman–Crippen LogP) is 3.11. The molecule has 0 bridgehead atoms. The molecule has 7 heteroatoms. The number of rotatable bonds is 5. The monoisotopic (exact) mass is 381 g/mol. The lowest BCUT2D eigenvalue weighted by Crippen LogP contribution is -2.26. The summed E-state index contributed by atoms with van der Waals surface area (Å²) in [6, 6.07) is 5.76. The van der Waals surface area contributed by atoms with E-state index in [9.17, 15) is 9.59 Å². The lowest BCUT2D eigenvalue weighted by molar-refractivity contribution is -0.139. The number of hydrogen-bond acceptors (Lipinski definition) is 6. The highest BCUT2D eigenvalue weighted by Crippen LogP contribution is 2.29. The lowest BCUT2D eigenvalue weighted by Gasteiger charge is -2.23. The number of aryl methyl sites for hydroxylation is 2. The fourth-order valence-electron chi connectivity index (χ4n) is 3.31. The number of imidazole rings is 1. The number of methoxy groups -OCH3 is 2. The molecule has 2 aromatic rings. The molecule has 1 aliphatic rings. The van der Waals surface area contributed by atoms with Gasteiger partial charge in [-0.15, -0.1) is 0 Å². The average Bonchev–Trinajstić information content (AvgIpc) is 2.94. The normalized spacial score (nSPS) is 13.8. The highest BCUT2D eigenvalue weighted by atomic mass is 16.5. The summed E-state index contributed by atoms with van der Waals surface area (Å²) < 4.78 is 11.9. The lowest BCUT2D eigenvalue weighted by atomic mass is 10.1. The van der Waals surface area contributed by atoms with E-state index in [0.29, 0.717) is 5.69 Å². The van der Waals surface area contributed by atoms with Crippen molar-refractivity contribution >= 4 is 28.7 Å². The molecule has 0 amide bonds. The van der Waals surface area contributed by atoms with Gasteiger partial charge in [0.05, 0.1) is 30.8 Å². The summed E-state index contributed by atoms with van der Waals surface area (Å²) in [6.07, 6.45) is 7.48. The Hall–Kier alpha value is -3.35. The third-order valence-electron chi connectivity index (χ3n) is 4.61. The molecule has 7 nitrogen and oxygen atoms in total. The molecule has 3 rings (SSSR count). The van der Waals surface area contributed by atoms with Crippen molar-refractivity contribution in [3.05, 3.63) is 59.7 Å². The standard InChI is InChI=1S/C21H23N3O4/c1-5-18-22-16-13-14(10-11-17(16)23(18)6-2)24-12-8-7-9-15(20(25)27-3)19(24)21(26)28-4/h7-13H,5-6H2,1-4H3. The Labute approximate surface area is 163 Å². The van der Waals surface area contributed by atoms with E-state index in [-0.39, 0.29) is 11.3 Å². The Bertz CT molecular complexity index is 1010. The molecule has 1 aromatic heterocycles. The minimum absolute atomic E-state index is 0.0874. The van der Waals surface area contributed by atoms with Crippen molar-refractivity contribution in [1.29, 1.82) is 0 Å². The Morgan fingerprint density at radius 2 is 1.82 bits per heavy atom. The summed E-state index contributed by atoms with van der Waals surface area (Å²) in [5, 5.41) is 0. The number of carbonyl (C=O) groups excluding carboxylic acids is 2. The van der Waals surface area contributed by atoms with Crippen molar-refractivity contribution in [3.63, 3.8) is 0 Å². The molecule has 0 N–H and O–H groups in total. The van der Waals surface area contributed by atoms with Gasteiger partial charge in [-0.1, -0.05) is 13.0 Å². The van der Waals surface area contributed by atoms with Gasteiger partial charge in [-0.25, -0.2) is 14.6 Å². The van der Waals surface area contributed by atoms with Crippen LogP contribution < -0.4 is 4.90 Å². The minimum Gasteiger partial charge on any atom is -0.465 e. The fraction of sp³-hybridized carbons (Fsp3) is 0.286. The molecular formula is C21H23N3O4. The van der Waals surface area contributed by atoms with E-state index in [1.54, 1.807) is 23.3 Å². The fourth-order valence-corrected chi connectivity index (χ4v) is 3.31. The first-order valence-electron chi connectivity index (χ1n) is 9.09. The quantitative estimate of drug-likeness (QED) is 0.741. The largest absolute Gasteiger partial charge is 0.465 e. The SMILES string of the molecule is CCc1nc2cc(N3C=CC=CC(C(=O)OC)=C3C(=O)OC)ccc2n1CC. The van der Waals surface area contributed by atoms with Crippen LogP contribution in [0, 0.1) is 0 Å². The van der Waals surface area contributed by atoms with Gasteiger partial charge in [0.15, 0.2) is 0 Å². The van der Waals surface area contributed by atoms with Crippen molar-refractivity contribution < 1.29 is 19.1 Å². The first kappa shape index (κ1) is 19.4. The predicted molar refractivity (Wildman–Crippen MR) is 107 cm³/mol. The third kappa shape index (κ3) is 3.31. The first-order valence-corrected chi connectivity index (χ1v) is 9.09. The van der Waals surface area contributed by atoms with Gasteiger partial charge in [0, 0.05) is 24.9 Å². The average molecular weight is 381 g/mol. The molecule has 0 fully saturated rings. The zero-order valence-electron chi connectivity index (χ0n) is 16.4. The molecule has 0 saturated heterocycles. The number of carbonyl (C=O) groups is 2. The smallest absolute Gasteiger partial charge is 0.355 e. The molecule has 2 heterocycles. The van der Waals surface area contributed by atoms with Gasteiger partial charge in [0.1, 0.15) is 11.5 Å². The molecule has 0 aliphatic carbocycles. The van der Waals surface area contributed by atoms with Crippen LogP contribution in [0.4, 0.5) is 5.69 Å². The van der Waals surface area contributed by atoms with Gasteiger partial charge < -0.3 is 18.9 Å². The second-order valence-electron chi connectivity index (χ2n) is 6.11. The van der Waals surface area contributed by atoms with Crippen molar-refractivity contribution in [2.24, 2.45) is 0 Å². The number of fused-ring (bicyclic) bond motifs is 1. The Morgan fingerprint density at radius 1 is 1.07 bits per heavy atom. The maximum Gasteiger partial charge on any atom is 0.355 e. The van der Waals surface area contributed by atoms with E-state index >= 15 is 0 Å². The van der Waals surface area contributed by atoms with Gasteiger partial charge in [-0.2, -0.15) is 0 Å². The van der Waals surface area contributed by atoms with Gasteiger partial charge in [0.25, 0.3) is 0 Å². The van der Waals surface area contributed by atoms with Crippen LogP contribution in [0.2, 0.25) is 0 Å². The number of aromatic nitrogens is 2. The molecule has 0 saturated carbocycles. The summed E-state index contributed by atoms with van der Waals surface area (Å²) >= 11 is 0. The molecular weight excluding hydrogens is 358 g/mol. The van der Waals surface area contributed by atoms with E-state index in [1.807, 2.05) is 18.2 Å². The zero-order chi connectivity index (χ0) is 20.3. The number of esters is 2. The van der Waals surface area contributed by atoms with Crippen LogP contribution in [0.25, 0.3) is 11.0 Å². The Morgan fingerprint density at radius 3 is 2.46 bits per heavy atom. The topological polar surface area (TPSA) is 73.7 Å². The maximum absolute atomic E-state index is 12.5. The van der Waals surface area contributed by atoms with Crippen molar-refractivity contribution in [2.45, 2.75) is 26.8 Å². The molecule has 0 spiro atoms. The van der Waals surface area contributed by atoms with Gasteiger partial charge in [-0.05, 0) is 37.3 Å². The molecule has 0 atom stereocenters. The van der Waals surface area contributed by atoms with E-state index in [1.165, 1.54) is 20.3 Å². The van der Waals surface area contributed by atoms with E-state index < -0.39 is 11.9 Å². The highest BCUT2D eigenvalue weighted by Gasteiger charge is 2.27. The number of benzene rings is 1. The van der Waals surface area contributed by atoms with Crippen LogP contribution in [0.1, 0.15) is 19.7 Å². The van der Waals surface area contributed by atoms with Crippen LogP contribution in [-0.4, -0.2) is 35.7 Å². The Balaban J connectivity index is 2.19. The summed E-state index contributed by atoms with van der Waals surface area (Å²) in [4.78, 5) is 31.1. The molecule has 28 heavy (non-hydrogen) atoms. The molecule has 1 aliphatic heterocycles. The van der Waals surface area contributed by atoms with E-state index in [0.717, 1.165) is 29.8 Å². The number of allylic oxidation sites excluding steroid dienone is 2. The maximum atomic E-state index is 12.5. The van der Waals surface area contributed by atoms with Gasteiger partial charge in [-0.3, -0.25) is 0 Å². The summed E-state index contributed by atoms with van der Waals surface area (Å²) in [7, 11) is 2.55. The number of nitrogens with zero attached hydrogens (tertiary/aromatic N) is 3. The minimum atomic E-state index is -0.634. The summed E-state index contributed by atoms with van der Waals surface area (Å²) in [5.41, 5.74) is 2.75. The van der Waals surface area contributed by atoms with Crippen LogP contribution in [0.3, 0.4) is 0 Å².